The van der Waals surface area contributed by atoms with E-state index in [0.717, 1.165) is 0 Å². The molecule has 0 aliphatic carbocycles. The summed E-state index contributed by atoms with van der Waals surface area (Å²) in [6.07, 6.45) is 0. The summed E-state index contributed by atoms with van der Waals surface area (Å²) in [5.41, 5.74) is 0.841. The molecule has 5 nitrogen and oxygen atoms in total. The van der Waals surface area contributed by atoms with Crippen LogP contribution >= 0.6 is 23.2 Å². The van der Waals surface area contributed by atoms with Gasteiger partial charge in [-0.3, -0.25) is 9.59 Å². The van der Waals surface area contributed by atoms with Gasteiger partial charge in [0.1, 0.15) is 11.8 Å². The highest BCUT2D eigenvalue weighted by Crippen LogP contribution is 2.26. The molecule has 0 aromatic heterocycles. The van der Waals surface area contributed by atoms with Crippen LogP contribution in [0, 0.1) is 5.92 Å². The number of carbonyl (C=O) groups is 2. The molecule has 1 atom stereocenters. The number of carbonyl (C=O) groups excluding carboxylic acids is 2. The van der Waals surface area contributed by atoms with Crippen LogP contribution in [-0.4, -0.2) is 24.5 Å². The molecule has 7 heteroatoms. The molecule has 0 aliphatic rings. The molecular formula is C20H22Cl2N2O3. The summed E-state index contributed by atoms with van der Waals surface area (Å²) in [6.45, 7) is 6.14. The molecule has 2 amide bonds. The highest BCUT2D eigenvalue weighted by atomic mass is 35.5. The van der Waals surface area contributed by atoms with Gasteiger partial charge in [-0.25, -0.2) is 0 Å². The number of benzene rings is 2. The van der Waals surface area contributed by atoms with E-state index in [1.165, 1.54) is 0 Å². The minimum absolute atomic E-state index is 0.130. The van der Waals surface area contributed by atoms with Crippen LogP contribution in [-0.2, 0) is 4.79 Å². The normalized spacial score (nSPS) is 11.8. The smallest absolute Gasteiger partial charge is 0.251 e. The van der Waals surface area contributed by atoms with Crippen molar-refractivity contribution in [2.45, 2.75) is 26.8 Å². The highest BCUT2D eigenvalue weighted by Gasteiger charge is 2.25. The first-order chi connectivity index (χ1) is 12.8. The van der Waals surface area contributed by atoms with Gasteiger partial charge in [-0.1, -0.05) is 37.0 Å². The maximum Gasteiger partial charge on any atom is 0.251 e. The standard InChI is InChI=1S/C20H22Cl2N2O3/c1-4-27-15-8-5-13(6-9-15)19(25)24-18(12(2)3)20(26)23-17-11-14(21)7-10-16(17)22/h5-12,18H,4H2,1-3H3,(H,23,26)(H,24,25). The number of nitrogens with one attached hydrogen (secondary N) is 2. The lowest BCUT2D eigenvalue weighted by molar-refractivity contribution is -0.118. The first-order valence-corrected chi connectivity index (χ1v) is 9.37. The third kappa shape index (κ3) is 5.88. The Morgan fingerprint density at radius 2 is 1.74 bits per heavy atom. The molecule has 2 rings (SSSR count). The Morgan fingerprint density at radius 3 is 2.33 bits per heavy atom. The number of hydrogen-bond acceptors (Lipinski definition) is 3. The molecule has 0 saturated heterocycles. The van der Waals surface area contributed by atoms with E-state index in [9.17, 15) is 9.59 Å². The van der Waals surface area contributed by atoms with Crippen LogP contribution in [0.4, 0.5) is 5.69 Å². The van der Waals surface area contributed by atoms with Gasteiger partial charge in [0.15, 0.2) is 0 Å². The topological polar surface area (TPSA) is 67.4 Å². The minimum atomic E-state index is -0.737. The monoisotopic (exact) mass is 408 g/mol. The summed E-state index contributed by atoms with van der Waals surface area (Å²) in [6, 6.07) is 10.8. The number of halogens is 2. The molecule has 0 radical (unpaired) electrons. The fourth-order valence-corrected chi connectivity index (χ4v) is 2.77. The summed E-state index contributed by atoms with van der Waals surface area (Å²) in [5, 5.41) is 6.32. The van der Waals surface area contributed by atoms with E-state index in [-0.39, 0.29) is 17.7 Å². The van der Waals surface area contributed by atoms with E-state index in [1.54, 1.807) is 42.5 Å². The molecule has 144 valence electrons. The van der Waals surface area contributed by atoms with E-state index in [4.69, 9.17) is 27.9 Å². The first kappa shape index (κ1) is 21.1. The summed E-state index contributed by atoms with van der Waals surface area (Å²) < 4.78 is 5.37. The van der Waals surface area contributed by atoms with Crippen molar-refractivity contribution in [1.29, 1.82) is 0 Å². The van der Waals surface area contributed by atoms with Gasteiger partial charge in [0.25, 0.3) is 5.91 Å². The van der Waals surface area contributed by atoms with Gasteiger partial charge in [-0.2, -0.15) is 0 Å². The minimum Gasteiger partial charge on any atom is -0.494 e. The summed E-state index contributed by atoms with van der Waals surface area (Å²) in [4.78, 5) is 25.2. The maximum absolute atomic E-state index is 12.7. The van der Waals surface area contributed by atoms with Gasteiger partial charge in [0, 0.05) is 10.6 Å². The average molecular weight is 409 g/mol. The van der Waals surface area contributed by atoms with Crippen molar-refractivity contribution in [2.24, 2.45) is 5.92 Å². The van der Waals surface area contributed by atoms with Gasteiger partial charge >= 0.3 is 0 Å². The first-order valence-electron chi connectivity index (χ1n) is 8.61. The van der Waals surface area contributed by atoms with Gasteiger partial charge in [-0.05, 0) is 55.3 Å². The van der Waals surface area contributed by atoms with Gasteiger partial charge in [0.2, 0.25) is 5.91 Å². The second-order valence-corrected chi connectivity index (χ2v) is 7.11. The molecule has 2 aromatic rings. The van der Waals surface area contributed by atoms with E-state index in [0.29, 0.717) is 33.7 Å². The van der Waals surface area contributed by atoms with Crippen molar-refractivity contribution in [2.75, 3.05) is 11.9 Å². The molecule has 0 spiro atoms. The largest absolute Gasteiger partial charge is 0.494 e. The predicted molar refractivity (Wildman–Crippen MR) is 109 cm³/mol. The SMILES string of the molecule is CCOc1ccc(C(=O)NC(C(=O)Nc2cc(Cl)ccc2Cl)C(C)C)cc1. The zero-order valence-electron chi connectivity index (χ0n) is 15.4. The zero-order valence-corrected chi connectivity index (χ0v) is 16.9. The van der Waals surface area contributed by atoms with Gasteiger partial charge in [-0.15, -0.1) is 0 Å². The Balaban J connectivity index is 2.10. The average Bonchev–Trinajstić information content (AvgIpc) is 2.63. The van der Waals surface area contributed by atoms with Crippen LogP contribution in [0.5, 0.6) is 5.75 Å². The molecule has 0 bridgehead atoms. The molecule has 0 aliphatic heterocycles. The van der Waals surface area contributed by atoms with E-state index in [1.807, 2.05) is 20.8 Å². The van der Waals surface area contributed by atoms with E-state index in [2.05, 4.69) is 10.6 Å². The molecule has 0 saturated carbocycles. The van der Waals surface area contributed by atoms with Crippen LogP contribution < -0.4 is 15.4 Å². The second kappa shape index (κ2) is 9.62. The quantitative estimate of drug-likeness (QED) is 0.691. The van der Waals surface area contributed by atoms with Crippen LogP contribution in [0.2, 0.25) is 10.0 Å². The molecule has 27 heavy (non-hydrogen) atoms. The predicted octanol–water partition coefficient (Wildman–Crippen LogP) is 4.79. The van der Waals surface area contributed by atoms with Gasteiger partial charge < -0.3 is 15.4 Å². The van der Waals surface area contributed by atoms with Crippen molar-refractivity contribution < 1.29 is 14.3 Å². The van der Waals surface area contributed by atoms with E-state index < -0.39 is 6.04 Å². The maximum atomic E-state index is 12.7. The number of rotatable bonds is 7. The summed E-state index contributed by atoms with van der Waals surface area (Å²) >= 11 is 12.0. The van der Waals surface area contributed by atoms with Crippen LogP contribution in [0.1, 0.15) is 31.1 Å². The van der Waals surface area contributed by atoms with Crippen LogP contribution in [0.3, 0.4) is 0 Å². The molecule has 2 N–H and O–H groups in total. The Bertz CT molecular complexity index is 807. The number of ether oxygens (including phenoxy) is 1. The lowest BCUT2D eigenvalue weighted by Crippen LogP contribution is -2.47. The molecule has 1 unspecified atom stereocenters. The third-order valence-electron chi connectivity index (χ3n) is 3.85. The number of hydrogen-bond donors (Lipinski definition) is 2. The van der Waals surface area contributed by atoms with Crippen LogP contribution in [0.15, 0.2) is 42.5 Å². The highest BCUT2D eigenvalue weighted by molar-refractivity contribution is 6.35. The Labute approximate surface area is 169 Å². The summed E-state index contributed by atoms with van der Waals surface area (Å²) in [5.74, 6) is -0.157. The molecule has 2 aromatic carbocycles. The molecular weight excluding hydrogens is 387 g/mol. The Kier molecular flexibility index (Phi) is 7.51. The molecule has 0 heterocycles. The van der Waals surface area contributed by atoms with Crippen LogP contribution in [0.25, 0.3) is 0 Å². The van der Waals surface area contributed by atoms with E-state index >= 15 is 0 Å². The zero-order chi connectivity index (χ0) is 20.0. The third-order valence-corrected chi connectivity index (χ3v) is 4.41. The summed E-state index contributed by atoms with van der Waals surface area (Å²) in [7, 11) is 0. The fraction of sp³-hybridized carbons (Fsp3) is 0.300. The van der Waals surface area contributed by atoms with Crippen molar-refractivity contribution >= 4 is 40.7 Å². The van der Waals surface area contributed by atoms with Crippen molar-refractivity contribution in [3.63, 3.8) is 0 Å². The van der Waals surface area contributed by atoms with Gasteiger partial charge in [0.05, 0.1) is 17.3 Å². The van der Waals surface area contributed by atoms with Crippen molar-refractivity contribution in [3.8, 4) is 5.75 Å². The van der Waals surface area contributed by atoms with Crippen molar-refractivity contribution in [3.05, 3.63) is 58.1 Å². The van der Waals surface area contributed by atoms with Crippen molar-refractivity contribution in [1.82, 2.24) is 5.32 Å². The lowest BCUT2D eigenvalue weighted by atomic mass is 10.0. The number of anilines is 1. The molecule has 0 fully saturated rings. The Morgan fingerprint density at radius 1 is 1.07 bits per heavy atom. The fourth-order valence-electron chi connectivity index (χ4n) is 2.43. The Hall–Kier alpha value is -2.24. The lowest BCUT2D eigenvalue weighted by Gasteiger charge is -2.22. The second-order valence-electron chi connectivity index (χ2n) is 6.27. The number of amides is 2.